The molecule has 0 bridgehead atoms. The molecule has 6 nitrogen and oxygen atoms in total. The third kappa shape index (κ3) is 3.56. The van der Waals surface area contributed by atoms with Crippen molar-refractivity contribution in [3.05, 3.63) is 35.9 Å². The molecule has 0 amide bonds. The van der Waals surface area contributed by atoms with Crippen LogP contribution in [0, 0.1) is 0 Å². The maximum atomic E-state index is 5.40. The Morgan fingerprint density at radius 3 is 2.80 bits per heavy atom. The van der Waals surface area contributed by atoms with Crippen molar-refractivity contribution < 1.29 is 9.47 Å². The van der Waals surface area contributed by atoms with E-state index in [9.17, 15) is 0 Å². The van der Waals surface area contributed by atoms with Gasteiger partial charge in [0, 0.05) is 12.2 Å². The second kappa shape index (κ2) is 6.83. The minimum absolute atomic E-state index is 0.0686. The quantitative estimate of drug-likeness (QED) is 0.753. The van der Waals surface area contributed by atoms with Gasteiger partial charge in [0.2, 0.25) is 5.16 Å². The zero-order valence-corrected chi connectivity index (χ0v) is 11.8. The van der Waals surface area contributed by atoms with E-state index in [1.807, 2.05) is 22.9 Å². The van der Waals surface area contributed by atoms with Gasteiger partial charge in [-0.3, -0.25) is 0 Å². The van der Waals surface area contributed by atoms with E-state index in [0.29, 0.717) is 19.8 Å². The highest BCUT2D eigenvalue weighted by Crippen LogP contribution is 2.19. The summed E-state index contributed by atoms with van der Waals surface area (Å²) in [5.74, 6) is 0.875. The molecule has 1 aliphatic rings. The first kappa shape index (κ1) is 13.5. The Morgan fingerprint density at radius 1 is 1.20 bits per heavy atom. The van der Waals surface area contributed by atoms with Crippen LogP contribution in [0.15, 0.2) is 35.5 Å². The predicted molar refractivity (Wildman–Crippen MR) is 74.4 cm³/mol. The summed E-state index contributed by atoms with van der Waals surface area (Å²) in [4.78, 5) is 0. The summed E-state index contributed by atoms with van der Waals surface area (Å²) < 4.78 is 12.6. The molecule has 0 radical (unpaired) electrons. The van der Waals surface area contributed by atoms with Crippen LogP contribution < -0.4 is 0 Å². The molecule has 0 unspecified atom stereocenters. The number of nitrogens with zero attached hydrogens (tertiary/aromatic N) is 4. The van der Waals surface area contributed by atoms with Crippen LogP contribution >= 0.6 is 11.8 Å². The Kier molecular flexibility index (Phi) is 4.62. The molecule has 1 saturated heterocycles. The number of aromatic nitrogens is 4. The van der Waals surface area contributed by atoms with Crippen molar-refractivity contribution in [2.45, 2.75) is 24.4 Å². The van der Waals surface area contributed by atoms with Gasteiger partial charge in [-0.25, -0.2) is 4.68 Å². The Bertz CT molecular complexity index is 528. The van der Waals surface area contributed by atoms with Gasteiger partial charge >= 0.3 is 0 Å². The number of hydrogen-bond donors (Lipinski definition) is 0. The minimum atomic E-state index is -0.0686. The van der Waals surface area contributed by atoms with E-state index in [4.69, 9.17) is 9.47 Å². The SMILES string of the molecule is c1ccc(Cn2nnnc2SCCC2OCCO2)cc1. The molecule has 1 aromatic heterocycles. The van der Waals surface area contributed by atoms with Crippen molar-refractivity contribution in [1.82, 2.24) is 20.2 Å². The van der Waals surface area contributed by atoms with Gasteiger partial charge in [-0.15, -0.1) is 5.10 Å². The molecular weight excluding hydrogens is 276 g/mol. The van der Waals surface area contributed by atoms with Crippen molar-refractivity contribution in [3.63, 3.8) is 0 Å². The molecule has 0 saturated carbocycles. The fourth-order valence-electron chi connectivity index (χ4n) is 1.98. The fourth-order valence-corrected chi connectivity index (χ4v) is 2.81. The van der Waals surface area contributed by atoms with Crippen LogP contribution in [-0.4, -0.2) is 45.5 Å². The first-order valence-electron chi connectivity index (χ1n) is 6.58. The van der Waals surface area contributed by atoms with Gasteiger partial charge < -0.3 is 9.47 Å². The summed E-state index contributed by atoms with van der Waals surface area (Å²) in [5, 5.41) is 12.7. The first-order chi connectivity index (χ1) is 9.92. The van der Waals surface area contributed by atoms with Crippen LogP contribution in [0.25, 0.3) is 0 Å². The van der Waals surface area contributed by atoms with Crippen LogP contribution in [0.3, 0.4) is 0 Å². The van der Waals surface area contributed by atoms with Crippen LogP contribution in [-0.2, 0) is 16.0 Å². The molecule has 1 aliphatic heterocycles. The molecule has 20 heavy (non-hydrogen) atoms. The highest BCUT2D eigenvalue weighted by Gasteiger charge is 2.16. The summed E-state index contributed by atoms with van der Waals surface area (Å²) in [6, 6.07) is 10.2. The highest BCUT2D eigenvalue weighted by molar-refractivity contribution is 7.99. The predicted octanol–water partition coefficient (Wildman–Crippen LogP) is 1.58. The molecule has 0 atom stereocenters. The average Bonchev–Trinajstić information content (AvgIpc) is 3.13. The van der Waals surface area contributed by atoms with Crippen molar-refractivity contribution in [2.75, 3.05) is 19.0 Å². The second-order valence-corrected chi connectivity index (χ2v) is 5.48. The van der Waals surface area contributed by atoms with Gasteiger partial charge in [0.05, 0.1) is 19.8 Å². The van der Waals surface area contributed by atoms with Crippen molar-refractivity contribution >= 4 is 11.8 Å². The molecule has 2 aromatic rings. The number of thioether (sulfide) groups is 1. The van der Waals surface area contributed by atoms with E-state index in [-0.39, 0.29) is 6.29 Å². The van der Waals surface area contributed by atoms with E-state index in [2.05, 4.69) is 27.7 Å². The maximum Gasteiger partial charge on any atom is 0.209 e. The van der Waals surface area contributed by atoms with Crippen LogP contribution in [0.5, 0.6) is 0 Å². The first-order valence-corrected chi connectivity index (χ1v) is 7.56. The topological polar surface area (TPSA) is 62.1 Å². The third-order valence-corrected chi connectivity index (χ3v) is 3.94. The number of rotatable bonds is 6. The lowest BCUT2D eigenvalue weighted by atomic mass is 10.2. The van der Waals surface area contributed by atoms with E-state index < -0.39 is 0 Å². The van der Waals surface area contributed by atoms with E-state index in [1.165, 1.54) is 5.56 Å². The summed E-state index contributed by atoms with van der Waals surface area (Å²) in [5.41, 5.74) is 1.18. The van der Waals surface area contributed by atoms with Crippen molar-refractivity contribution in [2.24, 2.45) is 0 Å². The molecule has 1 fully saturated rings. The van der Waals surface area contributed by atoms with Gasteiger partial charge in [-0.1, -0.05) is 42.1 Å². The van der Waals surface area contributed by atoms with Gasteiger partial charge in [0.1, 0.15) is 0 Å². The maximum absolute atomic E-state index is 5.40. The van der Waals surface area contributed by atoms with E-state index >= 15 is 0 Å². The van der Waals surface area contributed by atoms with Gasteiger partial charge in [0.15, 0.2) is 6.29 Å². The van der Waals surface area contributed by atoms with Gasteiger partial charge in [-0.05, 0) is 16.0 Å². The summed E-state index contributed by atoms with van der Waals surface area (Å²) in [6.45, 7) is 2.08. The minimum Gasteiger partial charge on any atom is -0.350 e. The fraction of sp³-hybridized carbons (Fsp3) is 0.462. The van der Waals surface area contributed by atoms with Crippen LogP contribution in [0.4, 0.5) is 0 Å². The lowest BCUT2D eigenvalue weighted by Crippen LogP contribution is -2.09. The molecule has 7 heteroatoms. The molecular formula is C13H16N4O2S. The molecule has 106 valence electrons. The van der Waals surface area contributed by atoms with E-state index in [0.717, 1.165) is 17.3 Å². The molecule has 0 N–H and O–H groups in total. The van der Waals surface area contributed by atoms with Crippen LogP contribution in [0.1, 0.15) is 12.0 Å². The summed E-state index contributed by atoms with van der Waals surface area (Å²) in [6.07, 6.45) is 0.782. The lowest BCUT2D eigenvalue weighted by molar-refractivity contribution is -0.0421. The Balaban J connectivity index is 1.53. The number of benzene rings is 1. The molecule has 3 rings (SSSR count). The van der Waals surface area contributed by atoms with Crippen molar-refractivity contribution in [1.29, 1.82) is 0 Å². The number of ether oxygens (including phenoxy) is 2. The monoisotopic (exact) mass is 292 g/mol. The normalized spacial score (nSPS) is 15.8. The zero-order valence-electron chi connectivity index (χ0n) is 11.0. The number of tetrazole rings is 1. The summed E-state index contributed by atoms with van der Waals surface area (Å²) >= 11 is 1.63. The highest BCUT2D eigenvalue weighted by atomic mass is 32.2. The largest absolute Gasteiger partial charge is 0.350 e. The molecule has 0 aliphatic carbocycles. The Hall–Kier alpha value is -1.44. The van der Waals surface area contributed by atoms with Gasteiger partial charge in [0.25, 0.3) is 0 Å². The molecule has 2 heterocycles. The standard InChI is InChI=1S/C13H16N4O2S/c1-2-4-11(5-3-1)10-17-13(14-15-16-17)20-9-6-12-18-7-8-19-12/h1-5,12H,6-10H2. The average molecular weight is 292 g/mol. The third-order valence-electron chi connectivity index (χ3n) is 2.95. The zero-order chi connectivity index (χ0) is 13.6. The summed E-state index contributed by atoms with van der Waals surface area (Å²) in [7, 11) is 0. The Labute approximate surface area is 121 Å². The molecule has 0 spiro atoms. The smallest absolute Gasteiger partial charge is 0.209 e. The van der Waals surface area contributed by atoms with Crippen LogP contribution in [0.2, 0.25) is 0 Å². The molecule has 1 aromatic carbocycles. The van der Waals surface area contributed by atoms with Crippen molar-refractivity contribution in [3.8, 4) is 0 Å². The second-order valence-electron chi connectivity index (χ2n) is 4.41. The Morgan fingerprint density at radius 2 is 2.00 bits per heavy atom. The van der Waals surface area contributed by atoms with Gasteiger partial charge in [-0.2, -0.15) is 0 Å². The number of hydrogen-bond acceptors (Lipinski definition) is 6. The lowest BCUT2D eigenvalue weighted by Gasteiger charge is -2.08. The van der Waals surface area contributed by atoms with E-state index in [1.54, 1.807) is 11.8 Å².